The Morgan fingerprint density at radius 1 is 1.13 bits per heavy atom. The molecule has 0 saturated heterocycles. The molecule has 1 heteroatoms. The first-order chi connectivity index (χ1) is 7.29. The van der Waals surface area contributed by atoms with Crippen LogP contribution < -0.4 is 4.74 Å². The van der Waals surface area contributed by atoms with Gasteiger partial charge in [-0.25, -0.2) is 0 Å². The van der Waals surface area contributed by atoms with Crippen molar-refractivity contribution in [2.24, 2.45) is 0 Å². The van der Waals surface area contributed by atoms with E-state index in [0.29, 0.717) is 6.61 Å². The van der Waals surface area contributed by atoms with Crippen LogP contribution in [0.5, 0.6) is 5.75 Å². The zero-order valence-electron chi connectivity index (χ0n) is 8.66. The molecule has 0 saturated carbocycles. The van der Waals surface area contributed by atoms with Gasteiger partial charge in [0, 0.05) is 0 Å². The second-order valence-corrected chi connectivity index (χ2v) is 3.51. The zero-order chi connectivity index (χ0) is 10.7. The van der Waals surface area contributed by atoms with Crippen LogP contribution in [-0.4, -0.2) is 6.61 Å². The topological polar surface area (TPSA) is 9.23 Å². The number of aryl methyl sites for hydroxylation is 1. The summed E-state index contributed by atoms with van der Waals surface area (Å²) in [6.07, 6.45) is 5.14. The summed E-state index contributed by atoms with van der Waals surface area (Å²) in [5, 5.41) is 2.40. The zero-order valence-corrected chi connectivity index (χ0v) is 8.66. The molecule has 0 spiro atoms. The van der Waals surface area contributed by atoms with E-state index in [2.05, 4.69) is 31.0 Å². The smallest absolute Gasteiger partial charge is 0.148 e. The van der Waals surface area contributed by atoms with Gasteiger partial charge in [0.05, 0.1) is 0 Å². The molecule has 0 aliphatic rings. The van der Waals surface area contributed by atoms with Crippen LogP contribution in [0.25, 0.3) is 10.8 Å². The Morgan fingerprint density at radius 2 is 1.93 bits per heavy atom. The number of fused-ring (bicyclic) bond motifs is 1. The number of hydrogen-bond acceptors (Lipinski definition) is 1. The number of ether oxygens (including phenoxy) is 1. The fraction of sp³-hybridized carbons (Fsp3) is 0.143. The van der Waals surface area contributed by atoms with E-state index in [4.69, 9.17) is 11.2 Å². The van der Waals surface area contributed by atoms with E-state index in [0.717, 1.165) is 5.75 Å². The summed E-state index contributed by atoms with van der Waals surface area (Å²) in [6, 6.07) is 12.3. The van der Waals surface area contributed by atoms with Crippen molar-refractivity contribution < 1.29 is 4.74 Å². The first-order valence-corrected chi connectivity index (χ1v) is 4.86. The van der Waals surface area contributed by atoms with E-state index < -0.39 is 0 Å². The predicted molar refractivity (Wildman–Crippen MR) is 63.0 cm³/mol. The van der Waals surface area contributed by atoms with E-state index in [1.165, 1.54) is 16.3 Å². The summed E-state index contributed by atoms with van der Waals surface area (Å²) in [7, 11) is 0. The van der Waals surface area contributed by atoms with Gasteiger partial charge >= 0.3 is 0 Å². The van der Waals surface area contributed by atoms with Gasteiger partial charge in [-0.1, -0.05) is 35.7 Å². The highest BCUT2D eigenvalue weighted by molar-refractivity contribution is 5.84. The molecule has 0 N–H and O–H groups in total. The van der Waals surface area contributed by atoms with Crippen LogP contribution in [0.4, 0.5) is 0 Å². The number of terminal acetylenes is 1. The molecular formula is C14H12O. The highest BCUT2D eigenvalue weighted by Gasteiger charge is 1.97. The SMILES string of the molecule is C#CCOc1ccc2ccc(C)cc2c1. The summed E-state index contributed by atoms with van der Waals surface area (Å²) in [4.78, 5) is 0. The molecule has 0 aliphatic carbocycles. The van der Waals surface area contributed by atoms with Crippen LogP contribution >= 0.6 is 0 Å². The van der Waals surface area contributed by atoms with E-state index in [1.54, 1.807) is 0 Å². The minimum atomic E-state index is 0.317. The Labute approximate surface area is 89.7 Å². The van der Waals surface area contributed by atoms with Crippen molar-refractivity contribution in [3.63, 3.8) is 0 Å². The van der Waals surface area contributed by atoms with Crippen LogP contribution in [0.15, 0.2) is 36.4 Å². The second-order valence-electron chi connectivity index (χ2n) is 3.51. The van der Waals surface area contributed by atoms with Gasteiger partial charge in [-0.05, 0) is 29.8 Å². The summed E-state index contributed by atoms with van der Waals surface area (Å²) in [5.74, 6) is 3.28. The second kappa shape index (κ2) is 4.06. The van der Waals surface area contributed by atoms with Gasteiger partial charge in [0.15, 0.2) is 0 Å². The number of benzene rings is 2. The van der Waals surface area contributed by atoms with Gasteiger partial charge in [-0.2, -0.15) is 0 Å². The third-order valence-electron chi connectivity index (χ3n) is 2.29. The van der Waals surface area contributed by atoms with Crippen molar-refractivity contribution in [2.75, 3.05) is 6.61 Å². The monoisotopic (exact) mass is 196 g/mol. The van der Waals surface area contributed by atoms with E-state index in [-0.39, 0.29) is 0 Å². The van der Waals surface area contributed by atoms with Crippen LogP contribution in [-0.2, 0) is 0 Å². The van der Waals surface area contributed by atoms with Gasteiger partial charge in [0.1, 0.15) is 12.4 Å². The minimum absolute atomic E-state index is 0.317. The molecule has 0 aliphatic heterocycles. The molecule has 2 rings (SSSR count). The minimum Gasteiger partial charge on any atom is -0.481 e. The predicted octanol–water partition coefficient (Wildman–Crippen LogP) is 3.16. The lowest BCUT2D eigenvalue weighted by Crippen LogP contribution is -1.92. The lowest BCUT2D eigenvalue weighted by atomic mass is 10.1. The Bertz CT molecular complexity index is 520. The van der Waals surface area contributed by atoms with Crippen molar-refractivity contribution in [1.82, 2.24) is 0 Å². The van der Waals surface area contributed by atoms with Crippen molar-refractivity contribution in [3.8, 4) is 18.1 Å². The molecule has 1 nitrogen and oxygen atoms in total. The molecule has 0 amide bonds. The van der Waals surface area contributed by atoms with Gasteiger partial charge in [-0.15, -0.1) is 6.42 Å². The van der Waals surface area contributed by atoms with Crippen LogP contribution in [0.1, 0.15) is 5.56 Å². The van der Waals surface area contributed by atoms with Crippen molar-refractivity contribution in [3.05, 3.63) is 42.0 Å². The van der Waals surface area contributed by atoms with E-state index >= 15 is 0 Å². The molecule has 2 aromatic carbocycles. The Hall–Kier alpha value is -1.94. The quantitative estimate of drug-likeness (QED) is 0.670. The molecule has 0 heterocycles. The number of hydrogen-bond donors (Lipinski definition) is 0. The maximum absolute atomic E-state index is 5.37. The summed E-state index contributed by atoms with van der Waals surface area (Å²) in [6.45, 7) is 2.39. The lowest BCUT2D eigenvalue weighted by Gasteiger charge is -2.04. The average molecular weight is 196 g/mol. The summed E-state index contributed by atoms with van der Waals surface area (Å²) >= 11 is 0. The molecule has 0 unspecified atom stereocenters. The molecule has 0 radical (unpaired) electrons. The average Bonchev–Trinajstić information content (AvgIpc) is 2.25. The Morgan fingerprint density at radius 3 is 2.73 bits per heavy atom. The molecule has 0 bridgehead atoms. The van der Waals surface area contributed by atoms with Gasteiger partial charge in [-0.3, -0.25) is 0 Å². The molecular weight excluding hydrogens is 184 g/mol. The third-order valence-corrected chi connectivity index (χ3v) is 2.29. The maximum Gasteiger partial charge on any atom is 0.148 e. The molecule has 0 aromatic heterocycles. The van der Waals surface area contributed by atoms with Crippen LogP contribution in [0.3, 0.4) is 0 Å². The van der Waals surface area contributed by atoms with Crippen molar-refractivity contribution in [1.29, 1.82) is 0 Å². The molecule has 0 atom stereocenters. The molecule has 0 fully saturated rings. The standard InChI is InChI=1S/C14H12O/c1-3-8-15-14-7-6-12-5-4-11(2)9-13(12)10-14/h1,4-7,9-10H,8H2,2H3. The fourth-order valence-corrected chi connectivity index (χ4v) is 1.56. The van der Waals surface area contributed by atoms with Crippen molar-refractivity contribution in [2.45, 2.75) is 6.92 Å². The fourth-order valence-electron chi connectivity index (χ4n) is 1.56. The Balaban J connectivity index is 2.41. The van der Waals surface area contributed by atoms with Gasteiger partial charge in [0.2, 0.25) is 0 Å². The molecule has 74 valence electrons. The molecule has 15 heavy (non-hydrogen) atoms. The number of rotatable bonds is 2. The van der Waals surface area contributed by atoms with Crippen LogP contribution in [0.2, 0.25) is 0 Å². The van der Waals surface area contributed by atoms with E-state index in [9.17, 15) is 0 Å². The Kier molecular flexibility index (Phi) is 2.60. The molecule has 2 aromatic rings. The first kappa shape index (κ1) is 9.61. The van der Waals surface area contributed by atoms with Gasteiger partial charge < -0.3 is 4.74 Å². The normalized spacial score (nSPS) is 9.87. The van der Waals surface area contributed by atoms with E-state index in [1.807, 2.05) is 18.2 Å². The summed E-state index contributed by atoms with van der Waals surface area (Å²) in [5.41, 5.74) is 1.25. The largest absolute Gasteiger partial charge is 0.481 e. The van der Waals surface area contributed by atoms with Gasteiger partial charge in [0.25, 0.3) is 0 Å². The van der Waals surface area contributed by atoms with Crippen LogP contribution in [0, 0.1) is 19.3 Å². The first-order valence-electron chi connectivity index (χ1n) is 4.86. The lowest BCUT2D eigenvalue weighted by molar-refractivity contribution is 0.371. The third kappa shape index (κ3) is 2.11. The summed E-state index contributed by atoms with van der Waals surface area (Å²) < 4.78 is 5.37. The highest BCUT2D eigenvalue weighted by Crippen LogP contribution is 2.21. The maximum atomic E-state index is 5.37. The highest BCUT2D eigenvalue weighted by atomic mass is 16.5. The van der Waals surface area contributed by atoms with Crippen molar-refractivity contribution >= 4 is 10.8 Å².